The van der Waals surface area contributed by atoms with Crippen molar-refractivity contribution in [1.82, 2.24) is 5.32 Å². The molecule has 1 heterocycles. The largest absolute Gasteiger partial charge is 0.466 e. The van der Waals surface area contributed by atoms with Gasteiger partial charge in [0.1, 0.15) is 5.75 Å². The minimum Gasteiger partial charge on any atom is -0.466 e. The van der Waals surface area contributed by atoms with Crippen molar-refractivity contribution in [2.45, 2.75) is 6.23 Å². The first kappa shape index (κ1) is 9.90. The lowest BCUT2D eigenvalue weighted by molar-refractivity contribution is 0.0756. The molecule has 3 heteroatoms. The number of hydrogen-bond acceptors (Lipinski definition) is 2. The third-order valence-electron chi connectivity index (χ3n) is 2.74. The Kier molecular flexibility index (Phi) is 2.29. The molecule has 0 saturated heterocycles. The highest BCUT2D eigenvalue weighted by Crippen LogP contribution is 2.28. The third kappa shape index (κ3) is 1.76. The van der Waals surface area contributed by atoms with Gasteiger partial charge >= 0.3 is 0 Å². The van der Waals surface area contributed by atoms with Crippen LogP contribution in [0, 0.1) is 0 Å². The zero-order valence-corrected chi connectivity index (χ0v) is 9.09. The van der Waals surface area contributed by atoms with Gasteiger partial charge in [0, 0.05) is 5.56 Å². The lowest BCUT2D eigenvalue weighted by Crippen LogP contribution is -2.36. The maximum Gasteiger partial charge on any atom is 0.258 e. The van der Waals surface area contributed by atoms with Gasteiger partial charge < -0.3 is 10.1 Å². The van der Waals surface area contributed by atoms with Crippen LogP contribution >= 0.6 is 0 Å². The molecule has 2 aromatic carbocycles. The van der Waals surface area contributed by atoms with Crippen molar-refractivity contribution in [3.8, 4) is 5.75 Å². The standard InChI is InChI=1S/C14H11NO2/c16-13-11-8-4-5-9-12(11)17-14(15-13)10-6-2-1-3-7-10/h1-9,14H,(H,15,16)/t14-/m1/s1. The lowest BCUT2D eigenvalue weighted by atomic mass is 10.1. The highest BCUT2D eigenvalue weighted by molar-refractivity contribution is 5.97. The Morgan fingerprint density at radius 2 is 1.65 bits per heavy atom. The molecule has 0 bridgehead atoms. The van der Waals surface area contributed by atoms with Crippen LogP contribution in [-0.2, 0) is 0 Å². The van der Waals surface area contributed by atoms with Gasteiger partial charge in [-0.25, -0.2) is 0 Å². The molecule has 3 rings (SSSR count). The monoisotopic (exact) mass is 225 g/mol. The van der Waals surface area contributed by atoms with E-state index >= 15 is 0 Å². The SMILES string of the molecule is O=C1N[C@@H](c2ccccc2)Oc2ccccc21. The number of ether oxygens (including phenoxy) is 1. The summed E-state index contributed by atoms with van der Waals surface area (Å²) in [5.74, 6) is 0.533. The van der Waals surface area contributed by atoms with Crippen molar-refractivity contribution in [2.24, 2.45) is 0 Å². The molecule has 3 nitrogen and oxygen atoms in total. The Bertz CT molecular complexity index is 551. The molecule has 0 aliphatic carbocycles. The lowest BCUT2D eigenvalue weighted by Gasteiger charge is -2.26. The first-order chi connectivity index (χ1) is 8.34. The predicted molar refractivity (Wildman–Crippen MR) is 63.7 cm³/mol. The molecule has 84 valence electrons. The highest BCUT2D eigenvalue weighted by Gasteiger charge is 2.25. The number of hydrogen-bond donors (Lipinski definition) is 1. The summed E-state index contributed by atoms with van der Waals surface area (Å²) >= 11 is 0. The summed E-state index contributed by atoms with van der Waals surface area (Å²) in [5.41, 5.74) is 1.52. The van der Waals surface area contributed by atoms with Crippen LogP contribution in [0.1, 0.15) is 22.1 Å². The van der Waals surface area contributed by atoms with Crippen LogP contribution < -0.4 is 10.1 Å². The van der Waals surface area contributed by atoms with E-state index in [1.807, 2.05) is 48.5 Å². The summed E-state index contributed by atoms with van der Waals surface area (Å²) in [5, 5.41) is 2.83. The van der Waals surface area contributed by atoms with Crippen molar-refractivity contribution in [3.05, 3.63) is 65.7 Å². The summed E-state index contributed by atoms with van der Waals surface area (Å²) in [6, 6.07) is 16.9. The van der Waals surface area contributed by atoms with Crippen molar-refractivity contribution in [1.29, 1.82) is 0 Å². The Morgan fingerprint density at radius 1 is 0.941 bits per heavy atom. The van der Waals surface area contributed by atoms with Crippen LogP contribution in [-0.4, -0.2) is 5.91 Å². The molecule has 0 fully saturated rings. The topological polar surface area (TPSA) is 38.3 Å². The van der Waals surface area contributed by atoms with Gasteiger partial charge in [-0.2, -0.15) is 0 Å². The number of para-hydroxylation sites is 1. The van der Waals surface area contributed by atoms with Crippen LogP contribution in [0.4, 0.5) is 0 Å². The fourth-order valence-corrected chi connectivity index (χ4v) is 1.89. The molecule has 0 saturated carbocycles. The van der Waals surface area contributed by atoms with E-state index in [2.05, 4.69) is 5.32 Å². The smallest absolute Gasteiger partial charge is 0.258 e. The van der Waals surface area contributed by atoms with Crippen molar-refractivity contribution >= 4 is 5.91 Å². The summed E-state index contributed by atoms with van der Waals surface area (Å²) in [6.07, 6.45) is -0.404. The number of nitrogens with one attached hydrogen (secondary N) is 1. The molecule has 0 aromatic heterocycles. The van der Waals surface area contributed by atoms with E-state index in [1.54, 1.807) is 6.07 Å². The van der Waals surface area contributed by atoms with Crippen LogP contribution in [0.5, 0.6) is 5.75 Å². The van der Waals surface area contributed by atoms with Crippen molar-refractivity contribution in [3.63, 3.8) is 0 Å². The van der Waals surface area contributed by atoms with Gasteiger partial charge in [-0.15, -0.1) is 0 Å². The number of rotatable bonds is 1. The van der Waals surface area contributed by atoms with Gasteiger partial charge in [0.25, 0.3) is 5.91 Å². The van der Waals surface area contributed by atoms with Crippen LogP contribution in [0.2, 0.25) is 0 Å². The van der Waals surface area contributed by atoms with E-state index in [-0.39, 0.29) is 5.91 Å². The first-order valence-corrected chi connectivity index (χ1v) is 5.46. The second kappa shape index (κ2) is 3.94. The number of amides is 1. The number of carbonyl (C=O) groups excluding carboxylic acids is 1. The molecule has 2 aromatic rings. The summed E-state index contributed by atoms with van der Waals surface area (Å²) in [6.45, 7) is 0. The maximum absolute atomic E-state index is 11.9. The highest BCUT2D eigenvalue weighted by atomic mass is 16.5. The van der Waals surface area contributed by atoms with E-state index in [4.69, 9.17) is 4.74 Å². The van der Waals surface area contributed by atoms with Gasteiger partial charge in [0.15, 0.2) is 6.23 Å². The van der Waals surface area contributed by atoms with Crippen LogP contribution in [0.15, 0.2) is 54.6 Å². The molecule has 0 radical (unpaired) electrons. The van der Waals surface area contributed by atoms with E-state index in [0.29, 0.717) is 11.3 Å². The van der Waals surface area contributed by atoms with Gasteiger partial charge in [0.2, 0.25) is 0 Å². The molecule has 17 heavy (non-hydrogen) atoms. The quantitative estimate of drug-likeness (QED) is 0.809. The second-order valence-corrected chi connectivity index (χ2v) is 3.88. The summed E-state index contributed by atoms with van der Waals surface area (Å²) < 4.78 is 5.76. The van der Waals surface area contributed by atoms with Gasteiger partial charge in [-0.3, -0.25) is 4.79 Å². The van der Waals surface area contributed by atoms with E-state index in [9.17, 15) is 4.79 Å². The first-order valence-electron chi connectivity index (χ1n) is 5.46. The number of carbonyl (C=O) groups is 1. The Morgan fingerprint density at radius 3 is 2.47 bits per heavy atom. The molecule has 1 aliphatic heterocycles. The average Bonchev–Trinajstić information content (AvgIpc) is 2.40. The Hall–Kier alpha value is -2.29. The molecule has 1 atom stereocenters. The van der Waals surface area contributed by atoms with Crippen LogP contribution in [0.25, 0.3) is 0 Å². The average molecular weight is 225 g/mol. The van der Waals surface area contributed by atoms with Crippen molar-refractivity contribution in [2.75, 3.05) is 0 Å². The number of benzene rings is 2. The van der Waals surface area contributed by atoms with Crippen LogP contribution in [0.3, 0.4) is 0 Å². The zero-order valence-electron chi connectivity index (χ0n) is 9.09. The van der Waals surface area contributed by atoms with Gasteiger partial charge in [-0.05, 0) is 12.1 Å². The fraction of sp³-hybridized carbons (Fsp3) is 0.0714. The maximum atomic E-state index is 11.9. The van der Waals surface area contributed by atoms with Gasteiger partial charge in [-0.1, -0.05) is 42.5 Å². The van der Waals surface area contributed by atoms with E-state index in [1.165, 1.54) is 0 Å². The molecular formula is C14H11NO2. The fourth-order valence-electron chi connectivity index (χ4n) is 1.89. The molecule has 1 aliphatic rings. The minimum absolute atomic E-state index is 0.0966. The molecule has 1 N–H and O–H groups in total. The Balaban J connectivity index is 1.97. The predicted octanol–water partition coefficient (Wildman–Crippen LogP) is 2.51. The Labute approximate surface area is 99.0 Å². The number of fused-ring (bicyclic) bond motifs is 1. The molecule has 0 unspecified atom stereocenters. The normalized spacial score (nSPS) is 17.9. The van der Waals surface area contributed by atoms with Gasteiger partial charge in [0.05, 0.1) is 5.56 Å². The molecule has 0 spiro atoms. The van der Waals surface area contributed by atoms with E-state index in [0.717, 1.165) is 5.56 Å². The minimum atomic E-state index is -0.404. The summed E-state index contributed by atoms with van der Waals surface area (Å²) in [7, 11) is 0. The van der Waals surface area contributed by atoms with Crippen molar-refractivity contribution < 1.29 is 9.53 Å². The third-order valence-corrected chi connectivity index (χ3v) is 2.74. The zero-order chi connectivity index (χ0) is 11.7. The summed E-state index contributed by atoms with van der Waals surface area (Å²) in [4.78, 5) is 11.9. The molecule has 1 amide bonds. The van der Waals surface area contributed by atoms with E-state index < -0.39 is 6.23 Å². The molecular weight excluding hydrogens is 214 g/mol. The second-order valence-electron chi connectivity index (χ2n) is 3.88.